The normalized spacial score (nSPS) is 10.2. The van der Waals surface area contributed by atoms with E-state index in [9.17, 15) is 9.59 Å². The number of benzene rings is 1. The number of anilines is 1. The molecule has 0 atom stereocenters. The number of aryl methyl sites for hydroxylation is 1. The first-order valence-corrected chi connectivity index (χ1v) is 8.09. The predicted octanol–water partition coefficient (Wildman–Crippen LogP) is 4.29. The minimum Gasteiger partial charge on any atom is -0.462 e. The third-order valence-electron chi connectivity index (χ3n) is 3.29. The Bertz CT molecular complexity index is 694. The third kappa shape index (κ3) is 4.32. The number of hydrogen-bond acceptors (Lipinski definition) is 5. The lowest BCUT2D eigenvalue weighted by atomic mass is 10.1. The van der Waals surface area contributed by atoms with Crippen LogP contribution < -0.4 is 5.32 Å². The summed E-state index contributed by atoms with van der Waals surface area (Å²) in [7, 11) is 0. The predicted molar refractivity (Wildman–Crippen MR) is 90.0 cm³/mol. The number of thiophene rings is 1. The van der Waals surface area contributed by atoms with Crippen LogP contribution in [0.5, 0.6) is 0 Å². The van der Waals surface area contributed by atoms with Gasteiger partial charge in [-0.1, -0.05) is 30.3 Å². The van der Waals surface area contributed by atoms with Gasteiger partial charge in [-0.15, -0.1) is 11.3 Å². The van der Waals surface area contributed by atoms with Gasteiger partial charge in [-0.3, -0.25) is 5.32 Å². The molecule has 0 fully saturated rings. The van der Waals surface area contributed by atoms with E-state index in [1.807, 2.05) is 44.2 Å². The number of hydrogen-bond donors (Lipinski definition) is 1. The van der Waals surface area contributed by atoms with Gasteiger partial charge in [-0.25, -0.2) is 9.59 Å². The van der Waals surface area contributed by atoms with Crippen LogP contribution in [0, 0.1) is 13.8 Å². The van der Waals surface area contributed by atoms with Crippen molar-refractivity contribution < 1.29 is 19.1 Å². The van der Waals surface area contributed by atoms with Crippen LogP contribution in [0.4, 0.5) is 9.80 Å². The highest BCUT2D eigenvalue weighted by Gasteiger charge is 2.22. The van der Waals surface area contributed by atoms with Gasteiger partial charge in [0, 0.05) is 4.88 Å². The molecule has 5 nitrogen and oxygen atoms in total. The van der Waals surface area contributed by atoms with Crippen molar-refractivity contribution in [3.8, 4) is 0 Å². The van der Waals surface area contributed by atoms with Crippen molar-refractivity contribution >= 4 is 28.4 Å². The van der Waals surface area contributed by atoms with E-state index in [0.29, 0.717) is 10.6 Å². The lowest BCUT2D eigenvalue weighted by Crippen LogP contribution is -2.16. The highest BCUT2D eigenvalue weighted by molar-refractivity contribution is 7.16. The quantitative estimate of drug-likeness (QED) is 0.829. The van der Waals surface area contributed by atoms with E-state index in [4.69, 9.17) is 9.47 Å². The first-order valence-electron chi connectivity index (χ1n) is 7.27. The third-order valence-corrected chi connectivity index (χ3v) is 4.42. The Hall–Kier alpha value is -2.34. The van der Waals surface area contributed by atoms with E-state index in [1.54, 1.807) is 6.92 Å². The van der Waals surface area contributed by atoms with Crippen LogP contribution in [0.1, 0.15) is 33.3 Å². The van der Waals surface area contributed by atoms with E-state index in [1.165, 1.54) is 11.3 Å². The van der Waals surface area contributed by atoms with Crippen molar-refractivity contribution in [3.63, 3.8) is 0 Å². The highest BCUT2D eigenvalue weighted by atomic mass is 32.1. The van der Waals surface area contributed by atoms with Crippen LogP contribution in [-0.4, -0.2) is 18.7 Å². The molecule has 1 heterocycles. The molecule has 1 N–H and O–H groups in total. The lowest BCUT2D eigenvalue weighted by Gasteiger charge is -2.08. The van der Waals surface area contributed by atoms with E-state index >= 15 is 0 Å². The molecule has 1 aromatic carbocycles. The van der Waals surface area contributed by atoms with E-state index in [-0.39, 0.29) is 13.2 Å². The first-order chi connectivity index (χ1) is 11.0. The number of amides is 1. The molecule has 2 rings (SSSR count). The van der Waals surface area contributed by atoms with Crippen molar-refractivity contribution in [2.45, 2.75) is 27.4 Å². The average molecular weight is 333 g/mol. The Morgan fingerprint density at radius 2 is 1.83 bits per heavy atom. The second-order valence-electron chi connectivity index (χ2n) is 4.89. The second-order valence-corrected chi connectivity index (χ2v) is 6.12. The lowest BCUT2D eigenvalue weighted by molar-refractivity contribution is 0.0527. The fourth-order valence-corrected chi connectivity index (χ4v) is 3.05. The molecule has 0 unspecified atom stereocenters. The molecule has 23 heavy (non-hydrogen) atoms. The summed E-state index contributed by atoms with van der Waals surface area (Å²) < 4.78 is 10.2. The van der Waals surface area contributed by atoms with Crippen LogP contribution in [0.2, 0.25) is 0 Å². The van der Waals surface area contributed by atoms with Crippen molar-refractivity contribution in [1.82, 2.24) is 0 Å². The Balaban J connectivity index is 2.06. The molecule has 6 heteroatoms. The van der Waals surface area contributed by atoms with Crippen molar-refractivity contribution in [2.75, 3.05) is 11.9 Å². The number of rotatable bonds is 5. The molecule has 0 spiro atoms. The van der Waals surface area contributed by atoms with E-state index in [2.05, 4.69) is 5.32 Å². The van der Waals surface area contributed by atoms with Crippen LogP contribution in [0.15, 0.2) is 30.3 Å². The maximum atomic E-state index is 12.1. The number of nitrogens with one attached hydrogen (secondary N) is 1. The summed E-state index contributed by atoms with van der Waals surface area (Å²) in [6.07, 6.45) is -0.597. The summed E-state index contributed by atoms with van der Waals surface area (Å²) in [5, 5.41) is 3.09. The monoisotopic (exact) mass is 333 g/mol. The Morgan fingerprint density at radius 3 is 2.48 bits per heavy atom. The topological polar surface area (TPSA) is 64.6 Å². The van der Waals surface area contributed by atoms with Crippen molar-refractivity contribution in [1.29, 1.82) is 0 Å². The fourth-order valence-electron chi connectivity index (χ4n) is 2.02. The summed E-state index contributed by atoms with van der Waals surface area (Å²) in [6.45, 7) is 5.92. The van der Waals surface area contributed by atoms with E-state index in [0.717, 1.165) is 16.0 Å². The van der Waals surface area contributed by atoms with Gasteiger partial charge >= 0.3 is 12.1 Å². The maximum Gasteiger partial charge on any atom is 0.412 e. The average Bonchev–Trinajstić information content (AvgIpc) is 2.81. The molecule has 0 saturated carbocycles. The Kier molecular flexibility index (Phi) is 5.76. The molecule has 0 saturated heterocycles. The van der Waals surface area contributed by atoms with Crippen LogP contribution in [0.3, 0.4) is 0 Å². The van der Waals surface area contributed by atoms with Gasteiger partial charge in [0.1, 0.15) is 11.6 Å². The molecular weight excluding hydrogens is 314 g/mol. The highest BCUT2D eigenvalue weighted by Crippen LogP contribution is 2.33. The molecule has 0 radical (unpaired) electrons. The van der Waals surface area contributed by atoms with Crippen molar-refractivity contribution in [2.24, 2.45) is 0 Å². The number of carbonyl (C=O) groups excluding carboxylic acids is 2. The number of esters is 1. The summed E-state index contributed by atoms with van der Waals surface area (Å²) in [5.74, 6) is -0.437. The summed E-state index contributed by atoms with van der Waals surface area (Å²) in [4.78, 5) is 25.0. The van der Waals surface area contributed by atoms with Gasteiger partial charge in [-0.2, -0.15) is 0 Å². The molecule has 122 valence electrons. The summed E-state index contributed by atoms with van der Waals surface area (Å²) in [5.41, 5.74) is 2.10. The molecule has 1 amide bonds. The fraction of sp³-hybridized carbons (Fsp3) is 0.294. The minimum atomic E-state index is -0.597. The maximum absolute atomic E-state index is 12.1. The van der Waals surface area contributed by atoms with Crippen LogP contribution in [0.25, 0.3) is 0 Å². The zero-order chi connectivity index (χ0) is 16.8. The first kappa shape index (κ1) is 17.0. The van der Waals surface area contributed by atoms with Gasteiger partial charge < -0.3 is 9.47 Å². The molecule has 1 aromatic heterocycles. The minimum absolute atomic E-state index is 0.171. The SMILES string of the molecule is CCOC(=O)c1c(NC(=O)OCc2ccccc2)sc(C)c1C. The van der Waals surface area contributed by atoms with Gasteiger partial charge in [0.15, 0.2) is 0 Å². The summed E-state index contributed by atoms with van der Waals surface area (Å²) in [6, 6.07) is 9.39. The van der Waals surface area contributed by atoms with Gasteiger partial charge in [0.2, 0.25) is 0 Å². The van der Waals surface area contributed by atoms with Gasteiger partial charge in [0.25, 0.3) is 0 Å². The standard InChI is InChI=1S/C17H19NO4S/c1-4-21-16(19)14-11(2)12(3)23-15(14)18-17(20)22-10-13-8-6-5-7-9-13/h5-9H,4,10H2,1-3H3,(H,18,20). The van der Waals surface area contributed by atoms with Gasteiger partial charge in [-0.05, 0) is 31.9 Å². The van der Waals surface area contributed by atoms with E-state index < -0.39 is 12.1 Å². The molecule has 0 bridgehead atoms. The van der Waals surface area contributed by atoms with Crippen LogP contribution in [-0.2, 0) is 16.1 Å². The Morgan fingerprint density at radius 1 is 1.13 bits per heavy atom. The molecule has 0 aliphatic heterocycles. The zero-order valence-corrected chi connectivity index (χ0v) is 14.2. The second kappa shape index (κ2) is 7.78. The number of ether oxygens (including phenoxy) is 2. The largest absolute Gasteiger partial charge is 0.462 e. The van der Waals surface area contributed by atoms with Crippen LogP contribution >= 0.6 is 11.3 Å². The smallest absolute Gasteiger partial charge is 0.412 e. The van der Waals surface area contributed by atoms with Crippen molar-refractivity contribution in [3.05, 3.63) is 51.9 Å². The molecule has 0 aliphatic carbocycles. The molecule has 0 aliphatic rings. The summed E-state index contributed by atoms with van der Waals surface area (Å²) >= 11 is 1.33. The zero-order valence-electron chi connectivity index (χ0n) is 13.3. The number of carbonyl (C=O) groups is 2. The molecule has 2 aromatic rings. The Labute approximate surface area is 139 Å². The van der Waals surface area contributed by atoms with Gasteiger partial charge in [0.05, 0.1) is 12.2 Å². The molecular formula is C17H19NO4S.